The Balaban J connectivity index is 2.11. The molecule has 0 aliphatic rings. The second-order valence-corrected chi connectivity index (χ2v) is 7.60. The van der Waals surface area contributed by atoms with E-state index in [1.165, 1.54) is 16.9 Å². The lowest BCUT2D eigenvalue weighted by Gasteiger charge is -2.17. The monoisotopic (exact) mass is 526 g/mol. The molecule has 0 saturated heterocycles. The number of anilines is 3. The van der Waals surface area contributed by atoms with Crippen molar-refractivity contribution < 1.29 is 23.5 Å². The number of hydrogen-bond donors (Lipinski definition) is 3. The molecule has 10 heteroatoms. The van der Waals surface area contributed by atoms with E-state index in [9.17, 15) is 23.5 Å². The first-order valence-corrected chi connectivity index (χ1v) is 9.92. The second-order valence-electron chi connectivity index (χ2n) is 6.35. The average Bonchev–Trinajstić information content (AvgIpc) is 3.14. The van der Waals surface area contributed by atoms with Gasteiger partial charge in [0.05, 0.1) is 23.0 Å². The van der Waals surface area contributed by atoms with Gasteiger partial charge in [0, 0.05) is 21.9 Å². The minimum atomic E-state index is -1.68. The molecule has 1 aromatic heterocycles. The third-order valence-corrected chi connectivity index (χ3v) is 5.06. The molecule has 1 amide bonds. The van der Waals surface area contributed by atoms with Crippen LogP contribution < -0.4 is 10.6 Å². The van der Waals surface area contributed by atoms with Crippen LogP contribution >= 0.6 is 22.6 Å². The van der Waals surface area contributed by atoms with Gasteiger partial charge in [0.1, 0.15) is 5.82 Å². The van der Waals surface area contributed by atoms with Crippen LogP contribution in [0.15, 0.2) is 36.5 Å². The van der Waals surface area contributed by atoms with Crippen molar-refractivity contribution in [3.8, 4) is 0 Å². The number of carbonyl (C=O) groups is 2. The molecule has 0 bridgehead atoms. The Hall–Kier alpha value is -3.02. The first kappa shape index (κ1) is 21.7. The molecule has 156 valence electrons. The van der Waals surface area contributed by atoms with E-state index in [2.05, 4.69) is 38.3 Å². The lowest BCUT2D eigenvalue weighted by molar-refractivity contribution is 0.0690. The van der Waals surface area contributed by atoms with E-state index in [1.54, 1.807) is 19.1 Å². The fourth-order valence-corrected chi connectivity index (χ4v) is 3.51. The van der Waals surface area contributed by atoms with Crippen LogP contribution in [0.5, 0.6) is 0 Å². The SMILES string of the molecule is CCn1nccc1NC(=O)c1cc(C(=O)O)c(F)c(F)c1Nc1ccc(I)cc1C. The molecule has 2 aromatic carbocycles. The van der Waals surface area contributed by atoms with Gasteiger partial charge in [-0.15, -0.1) is 0 Å². The number of benzene rings is 2. The molecule has 3 aromatic rings. The van der Waals surface area contributed by atoms with Gasteiger partial charge in [-0.2, -0.15) is 5.10 Å². The number of rotatable bonds is 6. The summed E-state index contributed by atoms with van der Waals surface area (Å²) in [5.74, 6) is -5.17. The molecule has 7 nitrogen and oxygen atoms in total. The molecule has 1 heterocycles. The topological polar surface area (TPSA) is 96.2 Å². The maximum Gasteiger partial charge on any atom is 0.338 e. The average molecular weight is 526 g/mol. The van der Waals surface area contributed by atoms with Crippen molar-refractivity contribution in [3.63, 3.8) is 0 Å². The molecule has 0 aliphatic heterocycles. The van der Waals surface area contributed by atoms with Crippen LogP contribution in [0.3, 0.4) is 0 Å². The number of aromatic carboxylic acids is 1. The maximum absolute atomic E-state index is 14.9. The highest BCUT2D eigenvalue weighted by Crippen LogP contribution is 2.31. The fourth-order valence-electron chi connectivity index (χ4n) is 2.86. The predicted octanol–water partition coefficient (Wildman–Crippen LogP) is 4.79. The summed E-state index contributed by atoms with van der Waals surface area (Å²) >= 11 is 2.11. The number of carbonyl (C=O) groups excluding carboxylic acids is 1. The van der Waals surface area contributed by atoms with E-state index in [-0.39, 0.29) is 5.56 Å². The van der Waals surface area contributed by atoms with Gasteiger partial charge >= 0.3 is 5.97 Å². The van der Waals surface area contributed by atoms with Crippen molar-refractivity contribution >= 4 is 51.7 Å². The predicted molar refractivity (Wildman–Crippen MR) is 116 cm³/mol. The first-order valence-electron chi connectivity index (χ1n) is 8.84. The minimum Gasteiger partial charge on any atom is -0.478 e. The molecule has 30 heavy (non-hydrogen) atoms. The fraction of sp³-hybridized carbons (Fsp3) is 0.150. The van der Waals surface area contributed by atoms with Crippen LogP contribution in [0.2, 0.25) is 0 Å². The quantitative estimate of drug-likeness (QED) is 0.402. The normalized spacial score (nSPS) is 10.7. The molecule has 0 atom stereocenters. The Morgan fingerprint density at radius 3 is 2.53 bits per heavy atom. The number of halogens is 3. The number of nitrogens with zero attached hydrogens (tertiary/aromatic N) is 2. The number of carboxylic acids is 1. The van der Waals surface area contributed by atoms with Crippen molar-refractivity contribution in [2.45, 2.75) is 20.4 Å². The van der Waals surface area contributed by atoms with E-state index in [0.29, 0.717) is 18.1 Å². The summed E-state index contributed by atoms with van der Waals surface area (Å²) in [6, 6.07) is 7.59. The van der Waals surface area contributed by atoms with Gasteiger partial charge in [0.25, 0.3) is 5.91 Å². The molecule has 3 N–H and O–H groups in total. The van der Waals surface area contributed by atoms with Crippen molar-refractivity contribution in [1.82, 2.24) is 9.78 Å². The highest BCUT2D eigenvalue weighted by molar-refractivity contribution is 14.1. The maximum atomic E-state index is 14.9. The number of nitrogens with one attached hydrogen (secondary N) is 2. The van der Waals surface area contributed by atoms with E-state index in [0.717, 1.165) is 15.2 Å². The summed E-state index contributed by atoms with van der Waals surface area (Å²) in [5.41, 5.74) is -0.564. The number of aryl methyl sites for hydroxylation is 2. The zero-order valence-corrected chi connectivity index (χ0v) is 18.1. The van der Waals surface area contributed by atoms with Gasteiger partial charge in [0.15, 0.2) is 11.6 Å². The summed E-state index contributed by atoms with van der Waals surface area (Å²) in [6.07, 6.45) is 1.47. The summed E-state index contributed by atoms with van der Waals surface area (Å²) in [5, 5.41) is 18.5. The van der Waals surface area contributed by atoms with Crippen LogP contribution in [0.25, 0.3) is 0 Å². The van der Waals surface area contributed by atoms with E-state index in [1.807, 2.05) is 13.0 Å². The lowest BCUT2D eigenvalue weighted by atomic mass is 10.0. The van der Waals surface area contributed by atoms with E-state index in [4.69, 9.17) is 0 Å². The zero-order valence-electron chi connectivity index (χ0n) is 16.0. The Bertz CT molecular complexity index is 1150. The van der Waals surface area contributed by atoms with Gasteiger partial charge < -0.3 is 15.7 Å². The van der Waals surface area contributed by atoms with Crippen molar-refractivity contribution in [1.29, 1.82) is 0 Å². The molecule has 0 spiro atoms. The van der Waals surface area contributed by atoms with Crippen molar-refractivity contribution in [3.05, 3.63) is 68.4 Å². The third kappa shape index (κ3) is 4.27. The highest BCUT2D eigenvalue weighted by Gasteiger charge is 2.26. The number of aromatic nitrogens is 2. The molecular weight excluding hydrogens is 509 g/mol. The van der Waals surface area contributed by atoms with E-state index >= 15 is 0 Å². The van der Waals surface area contributed by atoms with Gasteiger partial charge in [-0.05, 0) is 66.3 Å². The smallest absolute Gasteiger partial charge is 0.338 e. The van der Waals surface area contributed by atoms with Crippen LogP contribution in [-0.4, -0.2) is 26.8 Å². The second kappa shape index (κ2) is 8.78. The molecule has 3 rings (SSSR count). The molecule has 0 radical (unpaired) electrons. The molecule has 0 unspecified atom stereocenters. The number of hydrogen-bond acceptors (Lipinski definition) is 4. The van der Waals surface area contributed by atoms with Gasteiger partial charge in [-0.25, -0.2) is 18.3 Å². The molecular formula is C20H17F2IN4O3. The van der Waals surface area contributed by atoms with Crippen LogP contribution in [0.1, 0.15) is 33.2 Å². The zero-order chi connectivity index (χ0) is 22.0. The standard InChI is InChI=1S/C20H17F2IN4O3/c1-3-27-15(6-7-24-27)26-19(28)13-9-12(20(29)30)16(21)17(22)18(13)25-14-5-4-11(23)8-10(14)2/h4-9,25H,3H2,1-2H3,(H,26,28)(H,29,30). The van der Waals surface area contributed by atoms with Gasteiger partial charge in [-0.3, -0.25) is 4.79 Å². The summed E-state index contributed by atoms with van der Waals surface area (Å²) in [7, 11) is 0. The van der Waals surface area contributed by atoms with Crippen molar-refractivity contribution in [2.75, 3.05) is 10.6 Å². The Morgan fingerprint density at radius 1 is 1.17 bits per heavy atom. The first-order chi connectivity index (χ1) is 14.2. The Labute approximate surface area is 184 Å². The third-order valence-electron chi connectivity index (χ3n) is 4.39. The molecule has 0 aliphatic carbocycles. The van der Waals surface area contributed by atoms with Crippen molar-refractivity contribution in [2.24, 2.45) is 0 Å². The molecule has 0 saturated carbocycles. The number of amides is 1. The summed E-state index contributed by atoms with van der Waals surface area (Å²) in [6.45, 7) is 4.05. The number of carboxylic acid groups (broad SMARTS) is 1. The lowest BCUT2D eigenvalue weighted by Crippen LogP contribution is -2.19. The van der Waals surface area contributed by atoms with Gasteiger partial charge in [0.2, 0.25) is 0 Å². The Morgan fingerprint density at radius 2 is 1.90 bits per heavy atom. The Kier molecular flexibility index (Phi) is 6.34. The summed E-state index contributed by atoms with van der Waals surface area (Å²) < 4.78 is 31.7. The van der Waals surface area contributed by atoms with Crippen LogP contribution in [0.4, 0.5) is 26.0 Å². The van der Waals surface area contributed by atoms with Gasteiger partial charge in [-0.1, -0.05) is 0 Å². The molecule has 0 fully saturated rings. The van der Waals surface area contributed by atoms with Crippen LogP contribution in [-0.2, 0) is 6.54 Å². The van der Waals surface area contributed by atoms with E-state index < -0.39 is 34.8 Å². The largest absolute Gasteiger partial charge is 0.478 e. The highest BCUT2D eigenvalue weighted by atomic mass is 127. The van der Waals surface area contributed by atoms with Crippen LogP contribution in [0, 0.1) is 22.1 Å². The minimum absolute atomic E-state index is 0.334. The summed E-state index contributed by atoms with van der Waals surface area (Å²) in [4.78, 5) is 24.2.